The molecular weight excluding hydrogens is 397 g/mol. The summed E-state index contributed by atoms with van der Waals surface area (Å²) in [6.45, 7) is 3.36. The van der Waals surface area contributed by atoms with Gasteiger partial charge in [0.2, 0.25) is 0 Å². The minimum atomic E-state index is -4.36. The SMILES string of the molecule is CCCNC(=O)N(Cc1ccco1)Cc1nccn1Cc1ccc(C(F)(F)F)cc1. The molecule has 0 fully saturated rings. The number of urea groups is 1. The monoisotopic (exact) mass is 420 g/mol. The minimum absolute atomic E-state index is 0.226. The van der Waals surface area contributed by atoms with Gasteiger partial charge in [-0.3, -0.25) is 0 Å². The van der Waals surface area contributed by atoms with Crippen molar-refractivity contribution in [1.29, 1.82) is 0 Å². The summed E-state index contributed by atoms with van der Waals surface area (Å²) in [5.41, 5.74) is 0.0181. The Kier molecular flexibility index (Phi) is 6.81. The van der Waals surface area contributed by atoms with Gasteiger partial charge in [0.15, 0.2) is 0 Å². The van der Waals surface area contributed by atoms with Gasteiger partial charge in [0.1, 0.15) is 11.6 Å². The average Bonchev–Trinajstić information content (AvgIpc) is 3.38. The lowest BCUT2D eigenvalue weighted by atomic mass is 10.1. The number of furan rings is 1. The Morgan fingerprint density at radius 3 is 2.60 bits per heavy atom. The van der Waals surface area contributed by atoms with Gasteiger partial charge in [-0.25, -0.2) is 9.78 Å². The van der Waals surface area contributed by atoms with E-state index in [1.807, 2.05) is 11.5 Å². The second kappa shape index (κ2) is 9.51. The Balaban J connectivity index is 1.73. The third kappa shape index (κ3) is 5.65. The Bertz CT molecular complexity index is 934. The molecule has 1 aromatic carbocycles. The second-order valence-corrected chi connectivity index (χ2v) is 6.83. The van der Waals surface area contributed by atoms with Gasteiger partial charge < -0.3 is 19.2 Å². The highest BCUT2D eigenvalue weighted by atomic mass is 19.4. The van der Waals surface area contributed by atoms with E-state index in [9.17, 15) is 18.0 Å². The van der Waals surface area contributed by atoms with Crippen molar-refractivity contribution in [1.82, 2.24) is 19.8 Å². The number of carbonyl (C=O) groups is 1. The quantitative estimate of drug-likeness (QED) is 0.576. The summed E-state index contributed by atoms with van der Waals surface area (Å²) in [4.78, 5) is 18.5. The van der Waals surface area contributed by atoms with E-state index in [1.165, 1.54) is 12.1 Å². The Labute approximate surface area is 172 Å². The number of rotatable bonds is 8. The molecule has 9 heteroatoms. The van der Waals surface area contributed by atoms with Crippen LogP contribution >= 0.6 is 0 Å². The summed E-state index contributed by atoms with van der Waals surface area (Å²) < 4.78 is 45.4. The molecule has 30 heavy (non-hydrogen) atoms. The average molecular weight is 420 g/mol. The number of nitrogens with zero attached hydrogens (tertiary/aromatic N) is 3. The van der Waals surface area contributed by atoms with Gasteiger partial charge in [-0.05, 0) is 36.2 Å². The van der Waals surface area contributed by atoms with Crippen LogP contribution < -0.4 is 5.32 Å². The number of nitrogens with one attached hydrogen (secondary N) is 1. The zero-order chi connectivity index (χ0) is 21.6. The van der Waals surface area contributed by atoms with Crippen LogP contribution in [0.5, 0.6) is 0 Å². The lowest BCUT2D eigenvalue weighted by molar-refractivity contribution is -0.137. The summed E-state index contributed by atoms with van der Waals surface area (Å²) in [6, 6.07) is 8.32. The van der Waals surface area contributed by atoms with E-state index >= 15 is 0 Å². The summed E-state index contributed by atoms with van der Waals surface area (Å²) in [5.74, 6) is 1.26. The number of carbonyl (C=O) groups excluding carboxylic acids is 1. The first-order chi connectivity index (χ1) is 14.4. The third-order valence-corrected chi connectivity index (χ3v) is 4.51. The van der Waals surface area contributed by atoms with Crippen LogP contribution in [-0.4, -0.2) is 27.0 Å². The molecule has 0 aliphatic rings. The van der Waals surface area contributed by atoms with Gasteiger partial charge in [-0.2, -0.15) is 13.2 Å². The lowest BCUT2D eigenvalue weighted by Gasteiger charge is -2.22. The molecule has 0 aliphatic carbocycles. The summed E-state index contributed by atoms with van der Waals surface area (Å²) in [6.07, 6.45) is 1.33. The largest absolute Gasteiger partial charge is 0.467 e. The molecule has 2 aromatic heterocycles. The fraction of sp³-hybridized carbons (Fsp3) is 0.333. The molecule has 0 saturated carbocycles. The molecule has 3 aromatic rings. The summed E-state index contributed by atoms with van der Waals surface area (Å²) in [5, 5.41) is 2.85. The van der Waals surface area contributed by atoms with E-state index in [4.69, 9.17) is 4.42 Å². The molecule has 0 bridgehead atoms. The van der Waals surface area contributed by atoms with Gasteiger partial charge in [0, 0.05) is 25.5 Å². The van der Waals surface area contributed by atoms with Crippen LogP contribution in [-0.2, 0) is 25.8 Å². The number of alkyl halides is 3. The molecule has 160 valence electrons. The highest BCUT2D eigenvalue weighted by molar-refractivity contribution is 5.74. The Hall–Kier alpha value is -3.23. The van der Waals surface area contributed by atoms with Crippen LogP contribution in [0.25, 0.3) is 0 Å². The number of hydrogen-bond acceptors (Lipinski definition) is 3. The fourth-order valence-corrected chi connectivity index (χ4v) is 2.94. The maximum Gasteiger partial charge on any atom is 0.416 e. The topological polar surface area (TPSA) is 63.3 Å². The highest BCUT2D eigenvalue weighted by Gasteiger charge is 2.30. The third-order valence-electron chi connectivity index (χ3n) is 4.51. The molecule has 0 radical (unpaired) electrons. The van der Waals surface area contributed by atoms with Gasteiger partial charge in [-0.1, -0.05) is 19.1 Å². The van der Waals surface area contributed by atoms with Gasteiger partial charge in [-0.15, -0.1) is 0 Å². The van der Waals surface area contributed by atoms with Crippen LogP contribution in [0.4, 0.5) is 18.0 Å². The van der Waals surface area contributed by atoms with E-state index in [1.54, 1.807) is 35.7 Å². The molecular formula is C21H23F3N4O2. The van der Waals surface area contributed by atoms with Crippen molar-refractivity contribution in [3.8, 4) is 0 Å². The Morgan fingerprint density at radius 1 is 1.20 bits per heavy atom. The van der Waals surface area contributed by atoms with E-state index in [2.05, 4.69) is 10.3 Å². The summed E-state index contributed by atoms with van der Waals surface area (Å²) in [7, 11) is 0. The van der Waals surface area contributed by atoms with E-state index in [0.29, 0.717) is 30.2 Å². The first kappa shape index (κ1) is 21.5. The first-order valence-electron chi connectivity index (χ1n) is 9.58. The van der Waals surface area contributed by atoms with E-state index in [0.717, 1.165) is 18.6 Å². The van der Waals surface area contributed by atoms with Crippen LogP contribution in [0, 0.1) is 0 Å². The molecule has 2 amide bonds. The van der Waals surface area contributed by atoms with Crippen molar-refractivity contribution in [3.63, 3.8) is 0 Å². The molecule has 3 rings (SSSR count). The van der Waals surface area contributed by atoms with Crippen molar-refractivity contribution < 1.29 is 22.4 Å². The molecule has 0 atom stereocenters. The minimum Gasteiger partial charge on any atom is -0.467 e. The van der Waals surface area contributed by atoms with E-state index < -0.39 is 11.7 Å². The first-order valence-corrected chi connectivity index (χ1v) is 9.58. The van der Waals surface area contributed by atoms with Crippen molar-refractivity contribution in [3.05, 3.63) is 77.8 Å². The normalized spacial score (nSPS) is 11.5. The Morgan fingerprint density at radius 2 is 1.97 bits per heavy atom. The van der Waals surface area contributed by atoms with Crippen molar-refractivity contribution in [2.24, 2.45) is 0 Å². The van der Waals surface area contributed by atoms with Gasteiger partial charge in [0.25, 0.3) is 0 Å². The van der Waals surface area contributed by atoms with Crippen molar-refractivity contribution >= 4 is 6.03 Å². The maximum absolute atomic E-state index is 12.8. The van der Waals surface area contributed by atoms with Crippen molar-refractivity contribution in [2.75, 3.05) is 6.54 Å². The predicted octanol–water partition coefficient (Wildman–Crippen LogP) is 4.67. The smallest absolute Gasteiger partial charge is 0.416 e. The maximum atomic E-state index is 12.8. The zero-order valence-corrected chi connectivity index (χ0v) is 16.5. The number of imidazole rings is 1. The standard InChI is InChI=1S/C21H23F3N4O2/c1-2-9-26-20(29)28(14-18-4-3-12-30-18)15-19-25-10-11-27(19)13-16-5-7-17(8-6-16)21(22,23)24/h3-8,10-12H,2,9,13-15H2,1H3,(H,26,29). The molecule has 0 spiro atoms. The highest BCUT2D eigenvalue weighted by Crippen LogP contribution is 2.29. The number of halogens is 3. The molecule has 0 unspecified atom stereocenters. The zero-order valence-electron chi connectivity index (χ0n) is 16.5. The molecule has 0 aliphatic heterocycles. The predicted molar refractivity (Wildman–Crippen MR) is 104 cm³/mol. The molecule has 0 saturated heterocycles. The molecule has 6 nitrogen and oxygen atoms in total. The van der Waals surface area contributed by atoms with E-state index in [-0.39, 0.29) is 19.1 Å². The number of benzene rings is 1. The van der Waals surface area contributed by atoms with Crippen LogP contribution in [0.3, 0.4) is 0 Å². The van der Waals surface area contributed by atoms with Gasteiger partial charge in [0.05, 0.1) is 24.9 Å². The molecule has 1 N–H and O–H groups in total. The fourth-order valence-electron chi connectivity index (χ4n) is 2.94. The van der Waals surface area contributed by atoms with Crippen LogP contribution in [0.15, 0.2) is 59.5 Å². The van der Waals surface area contributed by atoms with Crippen LogP contribution in [0.1, 0.15) is 36.1 Å². The lowest BCUT2D eigenvalue weighted by Crippen LogP contribution is -2.40. The molecule has 2 heterocycles. The van der Waals surface area contributed by atoms with Crippen molar-refractivity contribution in [2.45, 2.75) is 39.2 Å². The van der Waals surface area contributed by atoms with Gasteiger partial charge >= 0.3 is 12.2 Å². The number of amides is 2. The number of hydrogen-bond donors (Lipinski definition) is 1. The summed E-state index contributed by atoms with van der Waals surface area (Å²) >= 11 is 0. The second-order valence-electron chi connectivity index (χ2n) is 6.83. The number of aromatic nitrogens is 2. The van der Waals surface area contributed by atoms with Crippen LogP contribution in [0.2, 0.25) is 0 Å².